The van der Waals surface area contributed by atoms with E-state index in [-0.39, 0.29) is 11.9 Å². The van der Waals surface area contributed by atoms with E-state index in [1.807, 2.05) is 6.07 Å². The second-order valence-corrected chi connectivity index (χ2v) is 7.61. The molecule has 1 atom stereocenters. The summed E-state index contributed by atoms with van der Waals surface area (Å²) >= 11 is 1.49. The van der Waals surface area contributed by atoms with Crippen LogP contribution in [-0.2, 0) is 9.53 Å². The van der Waals surface area contributed by atoms with Gasteiger partial charge >= 0.3 is 5.97 Å². The van der Waals surface area contributed by atoms with Crippen LogP contribution in [0.3, 0.4) is 0 Å². The summed E-state index contributed by atoms with van der Waals surface area (Å²) in [6, 6.07) is 1.88. The Kier molecular flexibility index (Phi) is 9.50. The number of carbonyl (C=O) groups is 2. The van der Waals surface area contributed by atoms with Gasteiger partial charge in [0.25, 0.3) is 0 Å². The normalized spacial score (nSPS) is 11.7. The molecule has 0 fully saturated rings. The van der Waals surface area contributed by atoms with Crippen molar-refractivity contribution < 1.29 is 14.3 Å². The minimum atomic E-state index is -0.368. The highest BCUT2D eigenvalue weighted by Gasteiger charge is 2.21. The van der Waals surface area contributed by atoms with Gasteiger partial charge in [-0.1, -0.05) is 31.9 Å². The van der Waals surface area contributed by atoms with Crippen molar-refractivity contribution >= 4 is 28.2 Å². The van der Waals surface area contributed by atoms with Gasteiger partial charge in [-0.05, 0) is 52.0 Å². The van der Waals surface area contributed by atoms with Crippen molar-refractivity contribution in [2.45, 2.75) is 72.6 Å². The lowest BCUT2D eigenvalue weighted by Crippen LogP contribution is -2.13. The summed E-state index contributed by atoms with van der Waals surface area (Å²) in [6.45, 7) is 10.5. The molecule has 0 saturated heterocycles. The number of allylic oxidation sites excluding steroid dienone is 2. The van der Waals surface area contributed by atoms with E-state index < -0.39 is 0 Å². The molecule has 1 amide bonds. The fourth-order valence-corrected chi connectivity index (χ4v) is 3.55. The highest BCUT2D eigenvalue weighted by Crippen LogP contribution is 2.35. The molecule has 4 nitrogen and oxygen atoms in total. The second kappa shape index (κ2) is 11.1. The molecule has 1 aromatic rings. The number of thiophene rings is 1. The van der Waals surface area contributed by atoms with Crippen molar-refractivity contribution in [3.05, 3.63) is 28.2 Å². The first-order chi connectivity index (χ1) is 11.9. The van der Waals surface area contributed by atoms with Gasteiger partial charge in [0, 0.05) is 11.3 Å². The molecule has 0 aromatic carbocycles. The number of amides is 1. The summed E-state index contributed by atoms with van der Waals surface area (Å²) in [7, 11) is 0. The standard InChI is InChI=1S/C20H31NO3S/c1-6-8-12-18(22)21-19-16(20(23)24-7-2)13-17(25-19)15(5)11-9-10-14(3)4/h10,13,15H,6-9,11-12H2,1-5H3,(H,21,22)/t15-/m0/s1. The highest BCUT2D eigenvalue weighted by atomic mass is 32.1. The molecule has 25 heavy (non-hydrogen) atoms. The van der Waals surface area contributed by atoms with Gasteiger partial charge in [-0.3, -0.25) is 4.79 Å². The number of hydrogen-bond donors (Lipinski definition) is 1. The summed E-state index contributed by atoms with van der Waals surface area (Å²) in [5, 5.41) is 3.52. The minimum absolute atomic E-state index is 0.0435. The van der Waals surface area contributed by atoms with Gasteiger partial charge < -0.3 is 10.1 Å². The Morgan fingerprint density at radius 1 is 1.32 bits per heavy atom. The average molecular weight is 366 g/mol. The third-order valence-electron chi connectivity index (χ3n) is 3.89. The van der Waals surface area contributed by atoms with Crippen LogP contribution in [0.15, 0.2) is 17.7 Å². The van der Waals surface area contributed by atoms with Gasteiger partial charge in [0.15, 0.2) is 0 Å². The number of nitrogens with one attached hydrogen (secondary N) is 1. The van der Waals surface area contributed by atoms with E-state index in [0.29, 0.717) is 29.5 Å². The maximum atomic E-state index is 12.2. The number of hydrogen-bond acceptors (Lipinski definition) is 4. The summed E-state index contributed by atoms with van der Waals surface area (Å²) < 4.78 is 5.14. The van der Waals surface area contributed by atoms with E-state index in [4.69, 9.17) is 4.74 Å². The molecule has 0 aliphatic carbocycles. The lowest BCUT2D eigenvalue weighted by atomic mass is 10.0. The molecule has 0 aliphatic heterocycles. The molecule has 0 spiro atoms. The van der Waals surface area contributed by atoms with E-state index in [9.17, 15) is 9.59 Å². The van der Waals surface area contributed by atoms with Crippen molar-refractivity contribution in [1.82, 2.24) is 0 Å². The van der Waals surface area contributed by atoms with Crippen molar-refractivity contribution in [2.24, 2.45) is 0 Å². The second-order valence-electron chi connectivity index (χ2n) is 6.52. The van der Waals surface area contributed by atoms with Gasteiger partial charge in [0.1, 0.15) is 5.00 Å². The predicted octanol–water partition coefficient (Wildman–Crippen LogP) is 5.90. The Balaban J connectivity index is 2.92. The van der Waals surface area contributed by atoms with Crippen molar-refractivity contribution in [2.75, 3.05) is 11.9 Å². The maximum Gasteiger partial charge on any atom is 0.341 e. The number of unbranched alkanes of at least 4 members (excludes halogenated alkanes) is 1. The molecular formula is C20H31NO3S. The summed E-state index contributed by atoms with van der Waals surface area (Å²) in [6.07, 6.45) is 6.53. The Hall–Kier alpha value is -1.62. The lowest BCUT2D eigenvalue weighted by molar-refractivity contribution is -0.116. The van der Waals surface area contributed by atoms with E-state index in [1.165, 1.54) is 16.9 Å². The maximum absolute atomic E-state index is 12.2. The fourth-order valence-electron chi connectivity index (χ4n) is 2.40. The third kappa shape index (κ3) is 7.43. The van der Waals surface area contributed by atoms with E-state index in [0.717, 1.165) is 30.6 Å². The summed E-state index contributed by atoms with van der Waals surface area (Å²) in [5.41, 5.74) is 1.79. The molecule has 1 N–H and O–H groups in total. The number of anilines is 1. The van der Waals surface area contributed by atoms with Gasteiger partial charge in [0.2, 0.25) is 5.91 Å². The molecule has 0 radical (unpaired) electrons. The molecule has 0 unspecified atom stereocenters. The first-order valence-electron chi connectivity index (χ1n) is 9.13. The van der Waals surface area contributed by atoms with Crippen LogP contribution in [0.1, 0.15) is 87.9 Å². The zero-order valence-corrected chi connectivity index (χ0v) is 16.9. The number of rotatable bonds is 10. The van der Waals surface area contributed by atoms with Crippen LogP contribution < -0.4 is 5.32 Å². The van der Waals surface area contributed by atoms with E-state index in [1.54, 1.807) is 6.92 Å². The summed E-state index contributed by atoms with van der Waals surface area (Å²) in [5.74, 6) is -0.0830. The van der Waals surface area contributed by atoms with E-state index in [2.05, 4.69) is 39.1 Å². The first-order valence-corrected chi connectivity index (χ1v) is 9.94. The van der Waals surface area contributed by atoms with Crippen LogP contribution in [0, 0.1) is 0 Å². The lowest BCUT2D eigenvalue weighted by Gasteiger charge is -2.07. The van der Waals surface area contributed by atoms with Crippen molar-refractivity contribution in [1.29, 1.82) is 0 Å². The highest BCUT2D eigenvalue weighted by molar-refractivity contribution is 7.16. The fraction of sp³-hybridized carbons (Fsp3) is 0.600. The van der Waals surface area contributed by atoms with Crippen LogP contribution >= 0.6 is 11.3 Å². The summed E-state index contributed by atoms with van der Waals surface area (Å²) in [4.78, 5) is 25.4. The molecule has 5 heteroatoms. The van der Waals surface area contributed by atoms with Crippen LogP contribution in [0.5, 0.6) is 0 Å². The van der Waals surface area contributed by atoms with Crippen LogP contribution in [0.4, 0.5) is 5.00 Å². The van der Waals surface area contributed by atoms with E-state index >= 15 is 0 Å². The Morgan fingerprint density at radius 3 is 2.64 bits per heavy atom. The van der Waals surface area contributed by atoms with Gasteiger partial charge in [0.05, 0.1) is 12.2 Å². The van der Waals surface area contributed by atoms with Crippen LogP contribution in [-0.4, -0.2) is 18.5 Å². The molecule has 1 rings (SSSR count). The van der Waals surface area contributed by atoms with Gasteiger partial charge in [-0.25, -0.2) is 4.79 Å². The Morgan fingerprint density at radius 2 is 2.04 bits per heavy atom. The third-order valence-corrected chi connectivity index (χ3v) is 5.18. The topological polar surface area (TPSA) is 55.4 Å². The molecule has 1 aromatic heterocycles. The molecule has 0 aliphatic rings. The smallest absolute Gasteiger partial charge is 0.341 e. The average Bonchev–Trinajstić information content (AvgIpc) is 2.96. The largest absolute Gasteiger partial charge is 0.462 e. The number of esters is 1. The van der Waals surface area contributed by atoms with Gasteiger partial charge in [-0.2, -0.15) is 0 Å². The quantitative estimate of drug-likeness (QED) is 0.414. The minimum Gasteiger partial charge on any atom is -0.462 e. The zero-order valence-electron chi connectivity index (χ0n) is 16.1. The van der Waals surface area contributed by atoms with Crippen LogP contribution in [0.2, 0.25) is 0 Å². The number of carbonyl (C=O) groups excluding carboxylic acids is 2. The molecule has 0 saturated carbocycles. The first kappa shape index (κ1) is 21.4. The Bertz CT molecular complexity index is 600. The molecule has 140 valence electrons. The molecule has 0 bridgehead atoms. The molecule has 1 heterocycles. The van der Waals surface area contributed by atoms with Crippen molar-refractivity contribution in [3.8, 4) is 0 Å². The SMILES string of the molecule is CCCCC(=O)Nc1sc([C@@H](C)CCC=C(C)C)cc1C(=O)OCC. The predicted molar refractivity (Wildman–Crippen MR) is 106 cm³/mol. The van der Waals surface area contributed by atoms with Crippen molar-refractivity contribution in [3.63, 3.8) is 0 Å². The Labute approximate surface area is 155 Å². The monoisotopic (exact) mass is 365 g/mol. The van der Waals surface area contributed by atoms with Crippen LogP contribution in [0.25, 0.3) is 0 Å². The number of ether oxygens (including phenoxy) is 1. The molecular weight excluding hydrogens is 334 g/mol. The van der Waals surface area contributed by atoms with Gasteiger partial charge in [-0.15, -0.1) is 11.3 Å². The zero-order chi connectivity index (χ0) is 18.8.